The van der Waals surface area contributed by atoms with E-state index in [2.05, 4.69) is 0 Å². The molecule has 1 amide bonds. The highest BCUT2D eigenvalue weighted by atomic mass is 32.2. The third kappa shape index (κ3) is 4.79. The average molecular weight is 355 g/mol. The number of carbonyl (C=O) groups is 1. The van der Waals surface area contributed by atoms with Crippen molar-refractivity contribution in [1.82, 2.24) is 4.90 Å². The van der Waals surface area contributed by atoms with Gasteiger partial charge in [0, 0.05) is 13.1 Å². The zero-order chi connectivity index (χ0) is 18.0. The van der Waals surface area contributed by atoms with Crippen molar-refractivity contribution in [2.75, 3.05) is 18.8 Å². The summed E-state index contributed by atoms with van der Waals surface area (Å²) in [6, 6.07) is 5.95. The molecule has 0 N–H and O–H groups in total. The summed E-state index contributed by atoms with van der Waals surface area (Å²) in [5.41, 5.74) is 0.791. The minimum absolute atomic E-state index is 0.0127. The van der Waals surface area contributed by atoms with Crippen molar-refractivity contribution in [2.24, 2.45) is 5.92 Å². The van der Waals surface area contributed by atoms with E-state index in [0.717, 1.165) is 5.56 Å². The Hall–Kier alpha value is -1.43. The van der Waals surface area contributed by atoms with Crippen LogP contribution in [0.2, 0.25) is 0 Å². The normalized spacial score (nSPS) is 17.1. The summed E-state index contributed by atoms with van der Waals surface area (Å²) in [7, 11) is -3.13. The lowest BCUT2D eigenvalue weighted by Crippen LogP contribution is -2.42. The van der Waals surface area contributed by atoms with Crippen LogP contribution in [0.3, 0.4) is 0 Å². The molecule has 0 spiro atoms. The standard InChI is InChI=1S/C18H26FNO3S/c1-18(2,3)24(22,23)13-15-8-10-20(11-9-15)17(21)12-14-4-6-16(19)7-5-14/h4-7,15H,8-13H2,1-3H3. The summed E-state index contributed by atoms with van der Waals surface area (Å²) in [5, 5.41) is 0. The summed E-state index contributed by atoms with van der Waals surface area (Å²) in [4.78, 5) is 14.1. The molecule has 1 aliphatic rings. The third-order valence-electron chi connectivity index (χ3n) is 4.62. The predicted octanol–water partition coefficient (Wildman–Crippen LogP) is 2.82. The van der Waals surface area contributed by atoms with E-state index in [1.165, 1.54) is 12.1 Å². The van der Waals surface area contributed by atoms with E-state index in [0.29, 0.717) is 25.9 Å². The van der Waals surface area contributed by atoms with Gasteiger partial charge in [-0.2, -0.15) is 0 Å². The van der Waals surface area contributed by atoms with Crippen molar-refractivity contribution < 1.29 is 17.6 Å². The summed E-state index contributed by atoms with van der Waals surface area (Å²) in [5.74, 6) is 0.00569. The van der Waals surface area contributed by atoms with Crippen LogP contribution < -0.4 is 0 Å². The topological polar surface area (TPSA) is 54.5 Å². The van der Waals surface area contributed by atoms with Crippen LogP contribution in [-0.4, -0.2) is 42.8 Å². The number of hydrogen-bond donors (Lipinski definition) is 0. The molecular weight excluding hydrogens is 329 g/mol. The molecule has 0 aromatic heterocycles. The van der Waals surface area contributed by atoms with Gasteiger partial charge in [0.15, 0.2) is 9.84 Å². The zero-order valence-corrected chi connectivity index (χ0v) is 15.4. The van der Waals surface area contributed by atoms with Gasteiger partial charge in [0.25, 0.3) is 0 Å². The summed E-state index contributed by atoms with van der Waals surface area (Å²) in [6.45, 7) is 6.35. The highest BCUT2D eigenvalue weighted by Gasteiger charge is 2.33. The minimum atomic E-state index is -3.13. The van der Waals surface area contributed by atoms with Crippen LogP contribution in [0.25, 0.3) is 0 Å². The maximum atomic E-state index is 12.9. The van der Waals surface area contributed by atoms with Crippen molar-refractivity contribution in [2.45, 2.75) is 44.8 Å². The van der Waals surface area contributed by atoms with E-state index in [1.807, 2.05) is 0 Å². The van der Waals surface area contributed by atoms with Gasteiger partial charge in [-0.15, -0.1) is 0 Å². The molecule has 4 nitrogen and oxygen atoms in total. The fourth-order valence-corrected chi connectivity index (χ4v) is 4.25. The molecule has 6 heteroatoms. The summed E-state index contributed by atoms with van der Waals surface area (Å²) < 4.78 is 36.7. The van der Waals surface area contributed by atoms with Crippen LogP contribution in [0.15, 0.2) is 24.3 Å². The van der Waals surface area contributed by atoms with Crippen molar-refractivity contribution in [3.63, 3.8) is 0 Å². The molecule has 1 aliphatic heterocycles. The first kappa shape index (κ1) is 18.9. The van der Waals surface area contributed by atoms with E-state index in [-0.39, 0.29) is 29.8 Å². The van der Waals surface area contributed by atoms with Crippen LogP contribution in [0.1, 0.15) is 39.2 Å². The Bertz CT molecular complexity index is 669. The molecule has 0 unspecified atom stereocenters. The van der Waals surface area contributed by atoms with Gasteiger partial charge in [-0.25, -0.2) is 12.8 Å². The van der Waals surface area contributed by atoms with Gasteiger partial charge in [0.1, 0.15) is 5.82 Å². The number of piperidine rings is 1. The maximum Gasteiger partial charge on any atom is 0.226 e. The average Bonchev–Trinajstić information content (AvgIpc) is 2.49. The fourth-order valence-electron chi connectivity index (χ4n) is 2.80. The molecule has 2 rings (SSSR count). The van der Waals surface area contributed by atoms with Crippen LogP contribution in [-0.2, 0) is 21.1 Å². The minimum Gasteiger partial charge on any atom is -0.342 e. The quantitative estimate of drug-likeness (QED) is 0.834. The monoisotopic (exact) mass is 355 g/mol. The Kier molecular flexibility index (Phi) is 5.68. The molecule has 0 saturated carbocycles. The predicted molar refractivity (Wildman–Crippen MR) is 92.9 cm³/mol. The number of amides is 1. The maximum absolute atomic E-state index is 12.9. The SMILES string of the molecule is CC(C)(C)S(=O)(=O)CC1CCN(C(=O)Cc2ccc(F)cc2)CC1. The molecule has 1 saturated heterocycles. The second-order valence-corrected chi connectivity index (χ2v) is 10.3. The number of rotatable bonds is 4. The molecule has 0 radical (unpaired) electrons. The van der Waals surface area contributed by atoms with Gasteiger partial charge >= 0.3 is 0 Å². The first-order chi connectivity index (χ1) is 11.1. The molecule has 1 aromatic carbocycles. The van der Waals surface area contributed by atoms with Crippen molar-refractivity contribution in [3.8, 4) is 0 Å². The van der Waals surface area contributed by atoms with Crippen LogP contribution in [0, 0.1) is 11.7 Å². The highest BCUT2D eigenvalue weighted by Crippen LogP contribution is 2.25. The Morgan fingerprint density at radius 2 is 1.71 bits per heavy atom. The second kappa shape index (κ2) is 7.21. The van der Waals surface area contributed by atoms with Crippen molar-refractivity contribution in [1.29, 1.82) is 0 Å². The molecule has 0 bridgehead atoms. The number of nitrogens with zero attached hydrogens (tertiary/aromatic N) is 1. The molecule has 0 aliphatic carbocycles. The van der Waals surface area contributed by atoms with E-state index >= 15 is 0 Å². The number of hydrogen-bond acceptors (Lipinski definition) is 3. The number of likely N-dealkylation sites (tertiary alicyclic amines) is 1. The molecule has 134 valence electrons. The Morgan fingerprint density at radius 3 is 2.21 bits per heavy atom. The van der Waals surface area contributed by atoms with Gasteiger partial charge in [0.2, 0.25) is 5.91 Å². The van der Waals surface area contributed by atoms with Gasteiger partial charge in [-0.1, -0.05) is 12.1 Å². The second-order valence-electron chi connectivity index (χ2n) is 7.52. The van der Waals surface area contributed by atoms with E-state index < -0.39 is 14.6 Å². The van der Waals surface area contributed by atoms with Crippen molar-refractivity contribution in [3.05, 3.63) is 35.6 Å². The number of carbonyl (C=O) groups excluding carboxylic acids is 1. The van der Waals surface area contributed by atoms with E-state index in [9.17, 15) is 17.6 Å². The molecule has 1 aromatic rings. The fraction of sp³-hybridized carbons (Fsp3) is 0.611. The van der Waals surface area contributed by atoms with Gasteiger partial charge in [-0.05, 0) is 57.2 Å². The molecule has 1 heterocycles. The lowest BCUT2D eigenvalue weighted by molar-refractivity contribution is -0.131. The first-order valence-corrected chi connectivity index (χ1v) is 9.98. The lowest BCUT2D eigenvalue weighted by atomic mass is 9.98. The summed E-state index contributed by atoms with van der Waals surface area (Å²) in [6.07, 6.45) is 1.68. The molecule has 0 atom stereocenters. The smallest absolute Gasteiger partial charge is 0.226 e. The highest BCUT2D eigenvalue weighted by molar-refractivity contribution is 7.92. The molecule has 24 heavy (non-hydrogen) atoms. The zero-order valence-electron chi connectivity index (χ0n) is 14.6. The van der Waals surface area contributed by atoms with Gasteiger partial charge in [0.05, 0.1) is 16.9 Å². The van der Waals surface area contributed by atoms with Gasteiger partial charge < -0.3 is 4.90 Å². The number of sulfone groups is 1. The lowest BCUT2D eigenvalue weighted by Gasteiger charge is -2.33. The molecule has 1 fully saturated rings. The number of halogens is 1. The van der Waals surface area contributed by atoms with E-state index in [1.54, 1.807) is 37.8 Å². The largest absolute Gasteiger partial charge is 0.342 e. The van der Waals surface area contributed by atoms with Crippen LogP contribution in [0.5, 0.6) is 0 Å². The number of benzene rings is 1. The van der Waals surface area contributed by atoms with Crippen molar-refractivity contribution >= 4 is 15.7 Å². The Labute approximate surface area is 144 Å². The first-order valence-electron chi connectivity index (χ1n) is 8.33. The molecular formula is C18H26FNO3S. The Balaban J connectivity index is 1.86. The summed E-state index contributed by atoms with van der Waals surface area (Å²) >= 11 is 0. The Morgan fingerprint density at radius 1 is 1.17 bits per heavy atom. The van der Waals surface area contributed by atoms with E-state index in [4.69, 9.17) is 0 Å². The van der Waals surface area contributed by atoms with Gasteiger partial charge in [-0.3, -0.25) is 4.79 Å². The third-order valence-corrected chi connectivity index (χ3v) is 7.40. The van der Waals surface area contributed by atoms with Crippen LogP contribution in [0.4, 0.5) is 4.39 Å². The van der Waals surface area contributed by atoms with Crippen LogP contribution >= 0.6 is 0 Å².